The maximum absolute atomic E-state index is 12.2. The summed E-state index contributed by atoms with van der Waals surface area (Å²) in [7, 11) is -3.59. The van der Waals surface area contributed by atoms with E-state index in [1.807, 2.05) is 6.92 Å². The number of hydrogen-bond donors (Lipinski definition) is 2. The van der Waals surface area contributed by atoms with Gasteiger partial charge in [-0.25, -0.2) is 13.1 Å². The highest BCUT2D eigenvalue weighted by atomic mass is 79.9. The van der Waals surface area contributed by atoms with Crippen molar-refractivity contribution in [3.63, 3.8) is 0 Å². The van der Waals surface area contributed by atoms with Crippen LogP contribution in [0.25, 0.3) is 0 Å². The van der Waals surface area contributed by atoms with Crippen LogP contribution in [0.1, 0.15) is 31.2 Å². The summed E-state index contributed by atoms with van der Waals surface area (Å²) in [6.45, 7) is 1.98. The molecule has 0 radical (unpaired) electrons. The third-order valence-electron chi connectivity index (χ3n) is 3.50. The van der Waals surface area contributed by atoms with Gasteiger partial charge >= 0.3 is 0 Å². The number of aliphatic hydroxyl groups is 1. The number of sulfonamides is 1. The second-order valence-corrected chi connectivity index (χ2v) is 7.78. The van der Waals surface area contributed by atoms with Crippen LogP contribution in [0.15, 0.2) is 27.6 Å². The van der Waals surface area contributed by atoms with Gasteiger partial charge < -0.3 is 5.11 Å². The number of nitrogens with one attached hydrogen (secondary N) is 1. The number of hydrogen-bond acceptors (Lipinski definition) is 3. The van der Waals surface area contributed by atoms with Crippen LogP contribution in [0.4, 0.5) is 0 Å². The zero-order valence-corrected chi connectivity index (χ0v) is 13.2. The quantitative estimate of drug-likeness (QED) is 0.878. The Labute approximate surface area is 122 Å². The average Bonchev–Trinajstić information content (AvgIpc) is 2.74. The number of benzene rings is 1. The maximum Gasteiger partial charge on any atom is 0.241 e. The first-order valence-electron chi connectivity index (χ1n) is 6.31. The van der Waals surface area contributed by atoms with Crippen LogP contribution >= 0.6 is 15.9 Å². The van der Waals surface area contributed by atoms with Crippen LogP contribution in [0.5, 0.6) is 0 Å². The minimum absolute atomic E-state index is 0.0790. The fraction of sp³-hybridized carbons (Fsp3) is 0.538. The molecular weight excluding hydrogens is 330 g/mol. The van der Waals surface area contributed by atoms with Crippen molar-refractivity contribution in [1.82, 2.24) is 4.72 Å². The first-order chi connectivity index (χ1) is 8.82. The van der Waals surface area contributed by atoms with Gasteiger partial charge in [-0.2, -0.15) is 0 Å². The molecule has 1 fully saturated rings. The maximum atomic E-state index is 12.2. The topological polar surface area (TPSA) is 66.4 Å². The molecule has 0 spiro atoms. The van der Waals surface area contributed by atoms with E-state index in [1.54, 1.807) is 18.2 Å². The Kier molecular flexibility index (Phi) is 4.35. The van der Waals surface area contributed by atoms with Crippen LogP contribution in [0.3, 0.4) is 0 Å². The minimum atomic E-state index is -3.59. The van der Waals surface area contributed by atoms with Gasteiger partial charge in [-0.05, 0) is 53.4 Å². The van der Waals surface area contributed by atoms with Gasteiger partial charge in [0.25, 0.3) is 0 Å². The Morgan fingerprint density at radius 3 is 2.58 bits per heavy atom. The molecule has 0 unspecified atom stereocenters. The highest BCUT2D eigenvalue weighted by Gasteiger charge is 2.32. The molecule has 0 bridgehead atoms. The highest BCUT2D eigenvalue weighted by molar-refractivity contribution is 9.10. The molecule has 4 nitrogen and oxygen atoms in total. The van der Waals surface area contributed by atoms with E-state index in [4.69, 9.17) is 0 Å². The van der Waals surface area contributed by atoms with Gasteiger partial charge in [0.1, 0.15) is 0 Å². The fourth-order valence-electron chi connectivity index (χ4n) is 2.34. The van der Waals surface area contributed by atoms with Gasteiger partial charge in [-0.1, -0.05) is 18.9 Å². The van der Waals surface area contributed by atoms with Gasteiger partial charge in [0.05, 0.1) is 10.5 Å². The Morgan fingerprint density at radius 1 is 1.37 bits per heavy atom. The number of aryl methyl sites for hydroxylation is 1. The molecule has 1 aromatic carbocycles. The number of rotatable bonds is 4. The molecule has 6 heteroatoms. The second-order valence-electron chi connectivity index (χ2n) is 5.19. The first-order valence-corrected chi connectivity index (χ1v) is 8.58. The monoisotopic (exact) mass is 347 g/mol. The van der Waals surface area contributed by atoms with Gasteiger partial charge in [0, 0.05) is 11.0 Å². The van der Waals surface area contributed by atoms with E-state index in [0.29, 0.717) is 17.3 Å². The predicted molar refractivity (Wildman–Crippen MR) is 77.5 cm³/mol. The third kappa shape index (κ3) is 3.56. The largest absolute Gasteiger partial charge is 0.389 e. The van der Waals surface area contributed by atoms with E-state index in [2.05, 4.69) is 20.7 Å². The number of halogens is 1. The molecule has 0 aromatic heterocycles. The Bertz CT molecular complexity index is 565. The summed E-state index contributed by atoms with van der Waals surface area (Å²) >= 11 is 3.27. The molecule has 0 atom stereocenters. The van der Waals surface area contributed by atoms with E-state index in [-0.39, 0.29) is 11.4 Å². The molecule has 0 heterocycles. The lowest BCUT2D eigenvalue weighted by atomic mass is 10.0. The van der Waals surface area contributed by atoms with Crippen molar-refractivity contribution < 1.29 is 13.5 Å². The van der Waals surface area contributed by atoms with E-state index in [9.17, 15) is 13.5 Å². The molecule has 2 rings (SSSR count). The summed E-state index contributed by atoms with van der Waals surface area (Å²) in [6, 6.07) is 5.09. The zero-order chi connectivity index (χ0) is 14.1. The van der Waals surface area contributed by atoms with Crippen LogP contribution in [0.2, 0.25) is 0 Å². The molecule has 2 N–H and O–H groups in total. The Hall–Kier alpha value is -0.430. The molecule has 0 saturated heterocycles. The summed E-state index contributed by atoms with van der Waals surface area (Å²) in [5, 5.41) is 10.2. The van der Waals surface area contributed by atoms with Crippen molar-refractivity contribution in [1.29, 1.82) is 0 Å². The smallest absolute Gasteiger partial charge is 0.241 e. The second kappa shape index (κ2) is 5.52. The summed E-state index contributed by atoms with van der Waals surface area (Å²) in [6.07, 6.45) is 3.22. The molecule has 106 valence electrons. The SMILES string of the molecule is Cc1ccc(S(=O)(=O)NCC2(O)CCCC2)c(Br)c1. The van der Waals surface area contributed by atoms with Crippen molar-refractivity contribution in [2.75, 3.05) is 6.54 Å². The lowest BCUT2D eigenvalue weighted by molar-refractivity contribution is 0.0532. The fourth-order valence-corrected chi connectivity index (χ4v) is 4.65. The molecule has 1 saturated carbocycles. The molecule has 1 aliphatic carbocycles. The van der Waals surface area contributed by atoms with E-state index >= 15 is 0 Å². The summed E-state index contributed by atoms with van der Waals surface area (Å²) in [4.78, 5) is 0.208. The van der Waals surface area contributed by atoms with E-state index in [1.165, 1.54) is 0 Å². The van der Waals surface area contributed by atoms with Crippen molar-refractivity contribution in [3.05, 3.63) is 28.2 Å². The van der Waals surface area contributed by atoms with Crippen molar-refractivity contribution in [2.24, 2.45) is 0 Å². The lowest BCUT2D eigenvalue weighted by Crippen LogP contribution is -2.40. The summed E-state index contributed by atoms with van der Waals surface area (Å²) < 4.78 is 27.5. The normalized spacial score (nSPS) is 18.7. The lowest BCUT2D eigenvalue weighted by Gasteiger charge is -2.22. The van der Waals surface area contributed by atoms with Gasteiger partial charge in [-0.15, -0.1) is 0 Å². The molecule has 19 heavy (non-hydrogen) atoms. The third-order valence-corrected chi connectivity index (χ3v) is 5.88. The summed E-state index contributed by atoms with van der Waals surface area (Å²) in [5.74, 6) is 0. The highest BCUT2D eigenvalue weighted by Crippen LogP contribution is 2.29. The van der Waals surface area contributed by atoms with Gasteiger partial charge in [0.15, 0.2) is 0 Å². The Balaban J connectivity index is 2.14. The van der Waals surface area contributed by atoms with Gasteiger partial charge in [0.2, 0.25) is 10.0 Å². The van der Waals surface area contributed by atoms with Crippen LogP contribution in [0, 0.1) is 6.92 Å². The van der Waals surface area contributed by atoms with Crippen molar-refractivity contribution >= 4 is 26.0 Å². The minimum Gasteiger partial charge on any atom is -0.389 e. The standard InChI is InChI=1S/C13H18BrNO3S/c1-10-4-5-12(11(14)8-10)19(17,18)15-9-13(16)6-2-3-7-13/h4-5,8,15-16H,2-3,6-7,9H2,1H3. The summed E-state index contributed by atoms with van der Waals surface area (Å²) in [5.41, 5.74) is 0.102. The zero-order valence-electron chi connectivity index (χ0n) is 10.8. The van der Waals surface area contributed by atoms with Crippen LogP contribution < -0.4 is 4.72 Å². The van der Waals surface area contributed by atoms with Crippen molar-refractivity contribution in [2.45, 2.75) is 43.1 Å². The molecular formula is C13H18BrNO3S. The molecule has 1 aromatic rings. The van der Waals surface area contributed by atoms with Crippen LogP contribution in [-0.2, 0) is 10.0 Å². The Morgan fingerprint density at radius 2 is 2.00 bits per heavy atom. The predicted octanol–water partition coefficient (Wildman–Crippen LogP) is 2.34. The van der Waals surface area contributed by atoms with E-state index in [0.717, 1.165) is 18.4 Å². The first kappa shape index (κ1) is 15.0. The molecule has 0 aliphatic heterocycles. The molecule has 0 amide bonds. The average molecular weight is 348 g/mol. The molecule has 1 aliphatic rings. The van der Waals surface area contributed by atoms with E-state index < -0.39 is 15.6 Å². The van der Waals surface area contributed by atoms with Crippen LogP contribution in [-0.4, -0.2) is 25.7 Å². The van der Waals surface area contributed by atoms with Crippen molar-refractivity contribution in [3.8, 4) is 0 Å². The van der Waals surface area contributed by atoms with Gasteiger partial charge in [-0.3, -0.25) is 0 Å².